The van der Waals surface area contributed by atoms with E-state index < -0.39 is 6.10 Å². The fourth-order valence-electron chi connectivity index (χ4n) is 3.00. The third kappa shape index (κ3) is 5.53. The van der Waals surface area contributed by atoms with Crippen LogP contribution in [-0.4, -0.2) is 64.8 Å². The van der Waals surface area contributed by atoms with Gasteiger partial charge in [-0.15, -0.1) is 11.8 Å². The van der Waals surface area contributed by atoms with Gasteiger partial charge in [-0.25, -0.2) is 0 Å². The number of benzene rings is 1. The van der Waals surface area contributed by atoms with Crippen molar-refractivity contribution < 1.29 is 14.7 Å². The van der Waals surface area contributed by atoms with Crippen molar-refractivity contribution in [1.82, 2.24) is 9.80 Å². The number of hydrogen-bond acceptors (Lipinski definition) is 4. The second-order valence-electron chi connectivity index (χ2n) is 6.45. The van der Waals surface area contributed by atoms with Crippen LogP contribution >= 0.6 is 11.8 Å². The lowest BCUT2D eigenvalue weighted by atomic mass is 10.1. The Morgan fingerprint density at radius 2 is 1.71 bits per heavy atom. The van der Waals surface area contributed by atoms with E-state index in [4.69, 9.17) is 0 Å². The molecule has 1 saturated heterocycles. The molecule has 24 heavy (non-hydrogen) atoms. The molecule has 1 aliphatic heterocycles. The highest BCUT2D eigenvalue weighted by Crippen LogP contribution is 2.17. The van der Waals surface area contributed by atoms with E-state index in [9.17, 15) is 14.7 Å². The summed E-state index contributed by atoms with van der Waals surface area (Å²) in [4.78, 5) is 27.1. The zero-order valence-corrected chi connectivity index (χ0v) is 15.4. The fraction of sp³-hybridized carbons (Fsp3) is 0.556. The molecule has 1 atom stereocenters. The Balaban J connectivity index is 1.84. The van der Waals surface area contributed by atoms with Crippen LogP contribution in [0.15, 0.2) is 18.2 Å². The predicted molar refractivity (Wildman–Crippen MR) is 96.9 cm³/mol. The normalized spacial score (nSPS) is 18.4. The van der Waals surface area contributed by atoms with E-state index in [0.717, 1.165) is 5.75 Å². The zero-order chi connectivity index (χ0) is 17.7. The van der Waals surface area contributed by atoms with Crippen molar-refractivity contribution in [1.29, 1.82) is 0 Å². The summed E-state index contributed by atoms with van der Waals surface area (Å²) in [6.45, 7) is 7.21. The molecule has 1 fully saturated rings. The van der Waals surface area contributed by atoms with Crippen LogP contribution in [-0.2, 0) is 15.3 Å². The molecule has 1 aromatic rings. The van der Waals surface area contributed by atoms with Gasteiger partial charge in [-0.05, 0) is 19.4 Å². The van der Waals surface area contributed by atoms with Gasteiger partial charge in [-0.3, -0.25) is 9.59 Å². The summed E-state index contributed by atoms with van der Waals surface area (Å²) < 4.78 is 0. The van der Waals surface area contributed by atoms with Crippen molar-refractivity contribution in [3.05, 3.63) is 34.9 Å². The maximum atomic E-state index is 12.4. The van der Waals surface area contributed by atoms with Crippen molar-refractivity contribution in [2.24, 2.45) is 0 Å². The van der Waals surface area contributed by atoms with Crippen LogP contribution in [0.1, 0.15) is 23.6 Å². The molecule has 1 heterocycles. The minimum absolute atomic E-state index is 0.0221. The van der Waals surface area contributed by atoms with Crippen molar-refractivity contribution in [2.75, 3.05) is 31.9 Å². The van der Waals surface area contributed by atoms with Crippen molar-refractivity contribution in [3.8, 4) is 0 Å². The summed E-state index contributed by atoms with van der Waals surface area (Å²) in [6, 6.07) is 6.43. The highest BCUT2D eigenvalue weighted by atomic mass is 32.2. The number of aliphatic hydroxyl groups excluding tert-OH is 1. The van der Waals surface area contributed by atoms with E-state index in [0.29, 0.717) is 31.9 Å². The fourth-order valence-corrected chi connectivity index (χ4v) is 3.86. The number of aryl methyl sites for hydroxylation is 2. The van der Waals surface area contributed by atoms with E-state index in [1.165, 1.54) is 23.6 Å². The zero-order valence-electron chi connectivity index (χ0n) is 14.6. The first-order valence-electron chi connectivity index (χ1n) is 8.21. The Hall–Kier alpha value is -1.53. The van der Waals surface area contributed by atoms with Gasteiger partial charge in [0, 0.05) is 38.9 Å². The first-order valence-corrected chi connectivity index (χ1v) is 9.37. The smallest absolute Gasteiger partial charge is 0.232 e. The second-order valence-corrected chi connectivity index (χ2v) is 7.43. The third-order valence-electron chi connectivity index (χ3n) is 4.08. The lowest BCUT2D eigenvalue weighted by Gasteiger charge is -2.21. The third-order valence-corrected chi connectivity index (χ3v) is 5.06. The number of carbonyl (C=O) groups is 2. The van der Waals surface area contributed by atoms with Crippen LogP contribution < -0.4 is 0 Å². The van der Waals surface area contributed by atoms with Crippen LogP contribution in [0, 0.1) is 13.8 Å². The standard InChI is InChI=1S/C18H26N2O3S/c1-13-6-14(2)8-16(7-13)11-24-12-18(23)20-5-4-19(15(3)21)9-17(22)10-20/h6-8,17,22H,4-5,9-12H2,1-3H3/t17-/m1/s1. The van der Waals surface area contributed by atoms with Crippen molar-refractivity contribution >= 4 is 23.6 Å². The first kappa shape index (κ1) is 18.8. The van der Waals surface area contributed by atoms with E-state index in [2.05, 4.69) is 32.0 Å². The summed E-state index contributed by atoms with van der Waals surface area (Å²) in [5.74, 6) is 1.14. The van der Waals surface area contributed by atoms with E-state index in [1.54, 1.807) is 21.6 Å². The van der Waals surface area contributed by atoms with Gasteiger partial charge in [-0.1, -0.05) is 29.3 Å². The van der Waals surface area contributed by atoms with Gasteiger partial charge in [-0.2, -0.15) is 0 Å². The number of thioether (sulfide) groups is 1. The number of amides is 2. The average molecular weight is 350 g/mol. The van der Waals surface area contributed by atoms with Crippen LogP contribution in [0.5, 0.6) is 0 Å². The molecule has 0 aliphatic carbocycles. The summed E-state index contributed by atoms with van der Waals surface area (Å²) in [5, 5.41) is 10.00. The highest BCUT2D eigenvalue weighted by Gasteiger charge is 2.25. The molecule has 0 aromatic heterocycles. The molecule has 132 valence electrons. The molecule has 6 heteroatoms. The average Bonchev–Trinajstić information content (AvgIpc) is 2.68. The van der Waals surface area contributed by atoms with Crippen molar-refractivity contribution in [3.63, 3.8) is 0 Å². The number of carbonyl (C=O) groups excluding carboxylic acids is 2. The molecule has 2 amide bonds. The van der Waals surface area contributed by atoms with Crippen molar-refractivity contribution in [2.45, 2.75) is 32.6 Å². The highest BCUT2D eigenvalue weighted by molar-refractivity contribution is 7.99. The molecule has 0 bridgehead atoms. The monoisotopic (exact) mass is 350 g/mol. The number of rotatable bonds is 4. The number of hydrogen-bond donors (Lipinski definition) is 1. The van der Waals surface area contributed by atoms with Gasteiger partial charge in [0.1, 0.15) is 0 Å². The van der Waals surface area contributed by atoms with E-state index in [1.807, 2.05) is 0 Å². The number of nitrogens with zero attached hydrogens (tertiary/aromatic N) is 2. The van der Waals surface area contributed by atoms with Gasteiger partial charge < -0.3 is 14.9 Å². The quantitative estimate of drug-likeness (QED) is 0.896. The summed E-state index contributed by atoms with van der Waals surface area (Å²) in [5.41, 5.74) is 3.69. The van der Waals surface area contributed by atoms with Gasteiger partial charge >= 0.3 is 0 Å². The Morgan fingerprint density at radius 1 is 1.12 bits per heavy atom. The van der Waals surface area contributed by atoms with Crippen LogP contribution in [0.25, 0.3) is 0 Å². The second kappa shape index (κ2) is 8.53. The minimum Gasteiger partial charge on any atom is -0.389 e. The molecular weight excluding hydrogens is 324 g/mol. The van der Waals surface area contributed by atoms with Gasteiger partial charge in [0.15, 0.2) is 0 Å². The summed E-state index contributed by atoms with van der Waals surface area (Å²) >= 11 is 1.59. The molecule has 0 spiro atoms. The summed E-state index contributed by atoms with van der Waals surface area (Å²) in [7, 11) is 0. The topological polar surface area (TPSA) is 60.9 Å². The van der Waals surface area contributed by atoms with E-state index >= 15 is 0 Å². The van der Waals surface area contributed by atoms with Gasteiger partial charge in [0.25, 0.3) is 0 Å². The SMILES string of the molecule is CC(=O)N1CCN(C(=O)CSCc2cc(C)cc(C)c2)C[C@H](O)C1. The summed E-state index contributed by atoms with van der Waals surface area (Å²) in [6.07, 6.45) is -0.676. The maximum absolute atomic E-state index is 12.4. The Bertz CT molecular complexity index is 586. The van der Waals surface area contributed by atoms with E-state index in [-0.39, 0.29) is 11.8 Å². The Kier molecular flexibility index (Phi) is 6.69. The maximum Gasteiger partial charge on any atom is 0.232 e. The molecule has 1 aliphatic rings. The first-order chi connectivity index (χ1) is 11.3. The molecule has 1 aromatic carbocycles. The van der Waals surface area contributed by atoms with Crippen LogP contribution in [0.2, 0.25) is 0 Å². The van der Waals surface area contributed by atoms with Gasteiger partial charge in [0.05, 0.1) is 11.9 Å². The van der Waals surface area contributed by atoms with Gasteiger partial charge in [0.2, 0.25) is 11.8 Å². The predicted octanol–water partition coefficient (Wildman–Crippen LogP) is 1.59. The van der Waals surface area contributed by atoms with Crippen LogP contribution in [0.4, 0.5) is 0 Å². The Morgan fingerprint density at radius 3 is 2.33 bits per heavy atom. The molecular formula is C18H26N2O3S. The Labute approximate surface area is 148 Å². The van der Waals surface area contributed by atoms with Crippen LogP contribution in [0.3, 0.4) is 0 Å². The minimum atomic E-state index is -0.676. The largest absolute Gasteiger partial charge is 0.389 e. The molecule has 1 N–H and O–H groups in total. The molecule has 5 nitrogen and oxygen atoms in total. The molecule has 0 unspecified atom stereocenters. The molecule has 0 saturated carbocycles. The number of aliphatic hydroxyl groups is 1. The molecule has 0 radical (unpaired) electrons. The lowest BCUT2D eigenvalue weighted by Crippen LogP contribution is -2.38. The number of β-amino-alcohol motifs (C(OH)–C–C–N with tert-alkyl or cyclic N) is 1. The molecule has 2 rings (SSSR count). The lowest BCUT2D eigenvalue weighted by molar-refractivity contribution is -0.130.